The van der Waals surface area contributed by atoms with E-state index in [1.807, 2.05) is 0 Å². The summed E-state index contributed by atoms with van der Waals surface area (Å²) >= 11 is 0. The normalized spacial score (nSPS) is 20.2. The third kappa shape index (κ3) is 4.18. The summed E-state index contributed by atoms with van der Waals surface area (Å²) in [6.07, 6.45) is 2.78. The van der Waals surface area contributed by atoms with E-state index in [0.29, 0.717) is 12.3 Å². The minimum atomic E-state index is -0.127. The number of carbonyl (C=O) groups excluding carboxylic acids is 2. The maximum Gasteiger partial charge on any atom is 0.239 e. The van der Waals surface area contributed by atoms with Gasteiger partial charge in [0, 0.05) is 20.5 Å². The predicted octanol–water partition coefficient (Wildman–Crippen LogP) is -0.419. The van der Waals surface area contributed by atoms with Crippen LogP contribution in [0.1, 0.15) is 19.3 Å². The van der Waals surface area contributed by atoms with Crippen molar-refractivity contribution in [2.75, 3.05) is 33.7 Å². The molecule has 1 saturated heterocycles. The lowest BCUT2D eigenvalue weighted by molar-refractivity contribution is -0.135. The Kier molecular flexibility index (Phi) is 5.25. The fourth-order valence-corrected chi connectivity index (χ4v) is 1.88. The van der Waals surface area contributed by atoms with Crippen LogP contribution in [0, 0.1) is 5.92 Å². The lowest BCUT2D eigenvalue weighted by Crippen LogP contribution is -2.39. The number of rotatable bonds is 4. The highest BCUT2D eigenvalue weighted by Gasteiger charge is 2.19. The Balaban J connectivity index is 2.29. The molecule has 1 heterocycles. The molecule has 1 aliphatic rings. The van der Waals surface area contributed by atoms with Crippen molar-refractivity contribution in [3.05, 3.63) is 0 Å². The van der Waals surface area contributed by atoms with Crippen molar-refractivity contribution in [3.8, 4) is 0 Å². The first kappa shape index (κ1) is 13.0. The van der Waals surface area contributed by atoms with E-state index in [1.54, 1.807) is 14.1 Å². The molecule has 0 bridgehead atoms. The lowest BCUT2D eigenvalue weighted by atomic mass is 9.96. The summed E-state index contributed by atoms with van der Waals surface area (Å²) < 4.78 is 0. The van der Waals surface area contributed by atoms with Crippen LogP contribution in [0.15, 0.2) is 0 Å². The second-order valence-electron chi connectivity index (χ2n) is 4.34. The zero-order chi connectivity index (χ0) is 12.0. The molecule has 0 aromatic carbocycles. The molecule has 1 unspecified atom stereocenters. The minimum absolute atomic E-state index is 0.0531. The van der Waals surface area contributed by atoms with Crippen LogP contribution >= 0.6 is 0 Å². The van der Waals surface area contributed by atoms with Gasteiger partial charge in [0.1, 0.15) is 0 Å². The van der Waals surface area contributed by atoms with Crippen molar-refractivity contribution < 1.29 is 9.59 Å². The zero-order valence-electron chi connectivity index (χ0n) is 10.1. The molecule has 1 atom stereocenters. The number of nitrogens with one attached hydrogen (secondary N) is 2. The van der Waals surface area contributed by atoms with E-state index < -0.39 is 0 Å². The Morgan fingerprint density at radius 3 is 2.81 bits per heavy atom. The highest BCUT2D eigenvalue weighted by molar-refractivity contribution is 5.84. The van der Waals surface area contributed by atoms with E-state index in [-0.39, 0.29) is 18.4 Å². The second kappa shape index (κ2) is 6.48. The third-order valence-electron chi connectivity index (χ3n) is 2.95. The average molecular weight is 227 g/mol. The molecule has 0 aromatic rings. The maximum atomic E-state index is 11.8. The summed E-state index contributed by atoms with van der Waals surface area (Å²) in [5.41, 5.74) is 0. The van der Waals surface area contributed by atoms with Gasteiger partial charge in [-0.05, 0) is 31.8 Å². The fourth-order valence-electron chi connectivity index (χ4n) is 1.88. The zero-order valence-corrected chi connectivity index (χ0v) is 10.1. The third-order valence-corrected chi connectivity index (χ3v) is 2.95. The number of carbonyl (C=O) groups is 2. The number of likely N-dealkylation sites (N-methyl/N-ethyl adjacent to an activating group) is 2. The van der Waals surface area contributed by atoms with Gasteiger partial charge in [-0.3, -0.25) is 9.59 Å². The van der Waals surface area contributed by atoms with Gasteiger partial charge in [0.15, 0.2) is 0 Å². The first-order valence-electron chi connectivity index (χ1n) is 5.78. The molecule has 0 radical (unpaired) electrons. The Morgan fingerprint density at radius 1 is 1.50 bits per heavy atom. The summed E-state index contributed by atoms with van der Waals surface area (Å²) in [5.74, 6) is 0.350. The van der Waals surface area contributed by atoms with Crippen LogP contribution in [-0.4, -0.2) is 50.4 Å². The molecule has 1 rings (SSSR count). The minimum Gasteiger partial charge on any atom is -0.358 e. The molecule has 2 amide bonds. The van der Waals surface area contributed by atoms with Crippen LogP contribution in [0.2, 0.25) is 0 Å². The number of piperidine rings is 1. The Morgan fingerprint density at radius 2 is 2.25 bits per heavy atom. The summed E-state index contributed by atoms with van der Waals surface area (Å²) in [7, 11) is 3.25. The van der Waals surface area contributed by atoms with E-state index >= 15 is 0 Å². The maximum absolute atomic E-state index is 11.8. The van der Waals surface area contributed by atoms with Gasteiger partial charge in [0.2, 0.25) is 11.8 Å². The van der Waals surface area contributed by atoms with Crippen molar-refractivity contribution in [3.63, 3.8) is 0 Å². The van der Waals surface area contributed by atoms with Gasteiger partial charge < -0.3 is 15.5 Å². The molecular formula is C11H21N3O2. The van der Waals surface area contributed by atoms with E-state index in [2.05, 4.69) is 10.6 Å². The van der Waals surface area contributed by atoms with Gasteiger partial charge in [0.05, 0.1) is 6.54 Å². The first-order chi connectivity index (χ1) is 7.63. The van der Waals surface area contributed by atoms with Crippen molar-refractivity contribution in [2.24, 2.45) is 5.92 Å². The van der Waals surface area contributed by atoms with E-state index in [4.69, 9.17) is 0 Å². The fraction of sp³-hybridized carbons (Fsp3) is 0.818. The van der Waals surface area contributed by atoms with Gasteiger partial charge >= 0.3 is 0 Å². The molecular weight excluding hydrogens is 206 g/mol. The Bertz CT molecular complexity index is 250. The Hall–Kier alpha value is -1.10. The summed E-state index contributed by atoms with van der Waals surface area (Å²) in [4.78, 5) is 24.4. The van der Waals surface area contributed by atoms with Crippen LogP contribution in [0.5, 0.6) is 0 Å². The molecule has 92 valence electrons. The molecule has 0 aromatic heterocycles. The molecule has 16 heavy (non-hydrogen) atoms. The van der Waals surface area contributed by atoms with Gasteiger partial charge in [-0.15, -0.1) is 0 Å². The smallest absolute Gasteiger partial charge is 0.239 e. The molecule has 5 heteroatoms. The van der Waals surface area contributed by atoms with Crippen LogP contribution in [0.25, 0.3) is 0 Å². The molecule has 0 saturated carbocycles. The number of hydrogen-bond donors (Lipinski definition) is 2. The molecule has 5 nitrogen and oxygen atoms in total. The monoisotopic (exact) mass is 227 g/mol. The van der Waals surface area contributed by atoms with Crippen LogP contribution in [0.3, 0.4) is 0 Å². The average Bonchev–Trinajstić information content (AvgIpc) is 2.30. The van der Waals surface area contributed by atoms with E-state index in [9.17, 15) is 9.59 Å². The van der Waals surface area contributed by atoms with Gasteiger partial charge in [0.25, 0.3) is 0 Å². The van der Waals surface area contributed by atoms with Crippen LogP contribution in [-0.2, 0) is 9.59 Å². The lowest BCUT2D eigenvalue weighted by Gasteiger charge is -2.24. The quantitative estimate of drug-likeness (QED) is 0.686. The standard InChI is InChI=1S/C11H21N3O2/c1-12-10(15)8-14(2)11(16)6-9-4-3-5-13-7-9/h9,13H,3-8H2,1-2H3,(H,12,15). The number of nitrogens with zero attached hydrogens (tertiary/aromatic N) is 1. The van der Waals surface area contributed by atoms with Crippen LogP contribution in [0.4, 0.5) is 0 Å². The Labute approximate surface area is 96.6 Å². The predicted molar refractivity (Wildman–Crippen MR) is 61.9 cm³/mol. The largest absolute Gasteiger partial charge is 0.358 e. The number of hydrogen-bond acceptors (Lipinski definition) is 3. The van der Waals surface area contributed by atoms with Crippen LogP contribution < -0.4 is 10.6 Å². The molecule has 1 aliphatic heterocycles. The molecule has 2 N–H and O–H groups in total. The molecule has 0 spiro atoms. The van der Waals surface area contributed by atoms with E-state index in [1.165, 1.54) is 4.90 Å². The van der Waals surface area contributed by atoms with Crippen molar-refractivity contribution in [1.82, 2.24) is 15.5 Å². The number of amides is 2. The summed E-state index contributed by atoms with van der Waals surface area (Å²) in [6.45, 7) is 2.12. The van der Waals surface area contributed by atoms with Gasteiger partial charge in [-0.2, -0.15) is 0 Å². The van der Waals surface area contributed by atoms with Crippen molar-refractivity contribution >= 4 is 11.8 Å². The second-order valence-corrected chi connectivity index (χ2v) is 4.34. The summed E-state index contributed by atoms with van der Waals surface area (Å²) in [6, 6.07) is 0. The molecule has 0 aliphatic carbocycles. The first-order valence-corrected chi connectivity index (χ1v) is 5.78. The van der Waals surface area contributed by atoms with Gasteiger partial charge in [-0.1, -0.05) is 0 Å². The summed E-state index contributed by atoms with van der Waals surface area (Å²) in [5, 5.41) is 5.79. The van der Waals surface area contributed by atoms with Gasteiger partial charge in [-0.25, -0.2) is 0 Å². The highest BCUT2D eigenvalue weighted by atomic mass is 16.2. The highest BCUT2D eigenvalue weighted by Crippen LogP contribution is 2.14. The SMILES string of the molecule is CNC(=O)CN(C)C(=O)CC1CCCNC1. The van der Waals surface area contributed by atoms with E-state index in [0.717, 1.165) is 25.9 Å². The topological polar surface area (TPSA) is 61.4 Å². The molecule has 1 fully saturated rings. The van der Waals surface area contributed by atoms with Crippen molar-refractivity contribution in [1.29, 1.82) is 0 Å². The van der Waals surface area contributed by atoms with Crippen molar-refractivity contribution in [2.45, 2.75) is 19.3 Å².